The minimum absolute atomic E-state index is 0. The molecule has 1 fully saturated rings. The first kappa shape index (κ1) is 18.9. The Morgan fingerprint density at radius 2 is 1.95 bits per heavy atom. The van der Waals surface area contributed by atoms with E-state index in [0.717, 1.165) is 30.7 Å². The van der Waals surface area contributed by atoms with Crippen molar-refractivity contribution >= 4 is 40.7 Å². The molecule has 2 rings (SSSR count). The topological polar surface area (TPSA) is 15.3 Å². The summed E-state index contributed by atoms with van der Waals surface area (Å²) in [5.74, 6) is -0.178. The van der Waals surface area contributed by atoms with Gasteiger partial charge in [-0.15, -0.1) is 31.4 Å². The van der Waals surface area contributed by atoms with Crippen molar-refractivity contribution < 1.29 is 4.39 Å². The lowest BCUT2D eigenvalue weighted by Gasteiger charge is -2.34. The lowest BCUT2D eigenvalue weighted by Crippen LogP contribution is -2.44. The summed E-state index contributed by atoms with van der Waals surface area (Å²) in [5.41, 5.74) is 0.685. The molecule has 0 saturated carbocycles. The second kappa shape index (κ2) is 8.93. The highest BCUT2D eigenvalue weighted by Gasteiger charge is 2.23. The quantitative estimate of drug-likeness (QED) is 0.817. The fraction of sp³-hybridized carbons (Fsp3) is 0.385. The second-order valence-corrected chi connectivity index (χ2v) is 4.96. The summed E-state index contributed by atoms with van der Waals surface area (Å²) < 4.78 is 14.7. The summed E-state index contributed by atoms with van der Waals surface area (Å²) >= 11 is 3.43. The Morgan fingerprint density at radius 1 is 1.32 bits per heavy atom. The molecule has 1 aromatic rings. The summed E-state index contributed by atoms with van der Waals surface area (Å²) in [7, 11) is 0. The van der Waals surface area contributed by atoms with Gasteiger partial charge in [0.05, 0.1) is 6.04 Å². The summed E-state index contributed by atoms with van der Waals surface area (Å²) in [4.78, 5) is 2.24. The average molecular weight is 372 g/mol. The van der Waals surface area contributed by atoms with E-state index in [1.807, 2.05) is 12.1 Å². The van der Waals surface area contributed by atoms with Gasteiger partial charge in [-0.05, 0) is 12.1 Å². The molecule has 1 aliphatic heterocycles. The number of nitrogens with one attached hydrogen (secondary N) is 1. The Hall–Kier alpha value is -0.130. The minimum atomic E-state index is -0.178. The molecule has 0 aromatic heterocycles. The summed E-state index contributed by atoms with van der Waals surface area (Å²) in [6.07, 6.45) is 1.81. The third kappa shape index (κ3) is 4.43. The lowest BCUT2D eigenvalue weighted by molar-refractivity contribution is 0.200. The maximum atomic E-state index is 13.9. The van der Waals surface area contributed by atoms with Crippen molar-refractivity contribution in [2.45, 2.75) is 6.04 Å². The van der Waals surface area contributed by atoms with Gasteiger partial charge in [-0.2, -0.15) is 0 Å². The first-order valence-electron chi connectivity index (χ1n) is 5.75. The number of hydrogen-bond donors (Lipinski definition) is 1. The summed E-state index contributed by atoms with van der Waals surface area (Å²) in [5, 5.41) is 3.29. The van der Waals surface area contributed by atoms with Crippen LogP contribution in [0.1, 0.15) is 11.6 Å². The van der Waals surface area contributed by atoms with Gasteiger partial charge >= 0.3 is 0 Å². The maximum Gasteiger partial charge on any atom is 0.129 e. The Kier molecular flexibility index (Phi) is 8.86. The third-order valence-electron chi connectivity index (χ3n) is 3.06. The van der Waals surface area contributed by atoms with E-state index < -0.39 is 0 Å². The molecule has 2 nitrogen and oxygen atoms in total. The zero-order valence-corrected chi connectivity index (χ0v) is 13.7. The van der Waals surface area contributed by atoms with Crippen LogP contribution < -0.4 is 5.32 Å². The molecule has 1 atom stereocenters. The van der Waals surface area contributed by atoms with Crippen LogP contribution in [0.2, 0.25) is 0 Å². The van der Waals surface area contributed by atoms with E-state index in [0.29, 0.717) is 5.56 Å². The van der Waals surface area contributed by atoms with E-state index in [4.69, 9.17) is 0 Å². The third-order valence-corrected chi connectivity index (χ3v) is 3.76. The van der Waals surface area contributed by atoms with Crippen molar-refractivity contribution in [3.05, 3.63) is 46.7 Å². The summed E-state index contributed by atoms with van der Waals surface area (Å²) in [6.45, 7) is 7.56. The van der Waals surface area contributed by atoms with Crippen molar-refractivity contribution in [3.8, 4) is 0 Å². The largest absolute Gasteiger partial charge is 0.314 e. The number of halogens is 4. The van der Waals surface area contributed by atoms with Crippen molar-refractivity contribution in [2.24, 2.45) is 0 Å². The van der Waals surface area contributed by atoms with Gasteiger partial charge in [0.25, 0.3) is 0 Å². The SMILES string of the molecule is C=C[C@H](c1c(F)cccc1Br)N1CCNCC1.Cl.Cl. The highest BCUT2D eigenvalue weighted by Crippen LogP contribution is 2.31. The van der Waals surface area contributed by atoms with Crippen molar-refractivity contribution in [1.82, 2.24) is 10.2 Å². The van der Waals surface area contributed by atoms with Crippen molar-refractivity contribution in [2.75, 3.05) is 26.2 Å². The van der Waals surface area contributed by atoms with Gasteiger partial charge in [-0.25, -0.2) is 4.39 Å². The number of nitrogens with zero attached hydrogens (tertiary/aromatic N) is 1. The molecular weight excluding hydrogens is 354 g/mol. The predicted octanol–water partition coefficient (Wildman–Crippen LogP) is 3.56. The van der Waals surface area contributed by atoms with Crippen LogP contribution in [-0.2, 0) is 0 Å². The van der Waals surface area contributed by atoms with Crippen molar-refractivity contribution in [3.63, 3.8) is 0 Å². The molecule has 1 N–H and O–H groups in total. The van der Waals surface area contributed by atoms with E-state index in [2.05, 4.69) is 32.7 Å². The molecule has 108 valence electrons. The molecule has 0 bridgehead atoms. The first-order valence-corrected chi connectivity index (χ1v) is 6.54. The number of hydrogen-bond acceptors (Lipinski definition) is 2. The van der Waals surface area contributed by atoms with Crippen LogP contribution in [-0.4, -0.2) is 31.1 Å². The molecular formula is C13H18BrCl2FN2. The van der Waals surface area contributed by atoms with Crippen LogP contribution in [0, 0.1) is 5.82 Å². The molecule has 0 radical (unpaired) electrons. The first-order chi connectivity index (χ1) is 8.24. The zero-order valence-electron chi connectivity index (χ0n) is 10.4. The van der Waals surface area contributed by atoms with E-state index in [-0.39, 0.29) is 36.7 Å². The van der Waals surface area contributed by atoms with Gasteiger partial charge in [-0.1, -0.05) is 28.1 Å². The van der Waals surface area contributed by atoms with Gasteiger partial charge in [0.1, 0.15) is 5.82 Å². The smallest absolute Gasteiger partial charge is 0.129 e. The van der Waals surface area contributed by atoms with Crippen LogP contribution in [0.4, 0.5) is 4.39 Å². The van der Waals surface area contributed by atoms with Crippen LogP contribution in [0.5, 0.6) is 0 Å². The normalized spacial score (nSPS) is 16.9. The highest BCUT2D eigenvalue weighted by molar-refractivity contribution is 9.10. The van der Waals surface area contributed by atoms with Crippen LogP contribution in [0.15, 0.2) is 35.3 Å². The molecule has 1 aromatic carbocycles. The summed E-state index contributed by atoms with van der Waals surface area (Å²) in [6, 6.07) is 5.02. The molecule has 0 spiro atoms. The number of benzene rings is 1. The minimum Gasteiger partial charge on any atom is -0.314 e. The fourth-order valence-corrected chi connectivity index (χ4v) is 2.78. The molecule has 1 saturated heterocycles. The monoisotopic (exact) mass is 370 g/mol. The van der Waals surface area contributed by atoms with E-state index in [9.17, 15) is 4.39 Å². The standard InChI is InChI=1S/C13H16BrFN2.2ClH/c1-2-12(17-8-6-16-7-9-17)13-10(14)4-3-5-11(13)15;;/h2-5,12,16H,1,6-9H2;2*1H/t12-;;/m1../s1. The van der Waals surface area contributed by atoms with Gasteiger partial charge < -0.3 is 5.32 Å². The van der Waals surface area contributed by atoms with E-state index in [1.54, 1.807) is 6.07 Å². The molecule has 19 heavy (non-hydrogen) atoms. The number of piperazine rings is 1. The average Bonchev–Trinajstić information content (AvgIpc) is 2.35. The Bertz CT molecular complexity index is 391. The molecule has 0 amide bonds. The van der Waals surface area contributed by atoms with Crippen LogP contribution in [0.3, 0.4) is 0 Å². The second-order valence-electron chi connectivity index (χ2n) is 4.10. The molecule has 1 aliphatic rings. The van der Waals surface area contributed by atoms with Gasteiger partial charge in [-0.3, -0.25) is 4.90 Å². The molecule has 1 heterocycles. The van der Waals surface area contributed by atoms with Gasteiger partial charge in [0, 0.05) is 36.2 Å². The molecule has 0 aliphatic carbocycles. The van der Waals surface area contributed by atoms with Crippen LogP contribution in [0.25, 0.3) is 0 Å². The maximum absolute atomic E-state index is 13.9. The highest BCUT2D eigenvalue weighted by atomic mass is 79.9. The van der Waals surface area contributed by atoms with E-state index in [1.165, 1.54) is 6.07 Å². The Labute approximate surface area is 134 Å². The van der Waals surface area contributed by atoms with E-state index >= 15 is 0 Å². The van der Waals surface area contributed by atoms with Gasteiger partial charge in [0.2, 0.25) is 0 Å². The molecule has 0 unspecified atom stereocenters. The predicted molar refractivity (Wildman–Crippen MR) is 86.0 cm³/mol. The fourth-order valence-electron chi connectivity index (χ4n) is 2.20. The number of rotatable bonds is 3. The van der Waals surface area contributed by atoms with Gasteiger partial charge in [0.15, 0.2) is 0 Å². The van der Waals surface area contributed by atoms with Crippen LogP contribution >= 0.6 is 40.7 Å². The molecule has 6 heteroatoms. The Balaban J connectivity index is 0.00000162. The lowest BCUT2D eigenvalue weighted by atomic mass is 10.0. The van der Waals surface area contributed by atoms with Crippen molar-refractivity contribution in [1.29, 1.82) is 0 Å². The Morgan fingerprint density at radius 3 is 2.47 bits per heavy atom. The zero-order chi connectivity index (χ0) is 12.3.